The van der Waals surface area contributed by atoms with Gasteiger partial charge < -0.3 is 5.32 Å². The summed E-state index contributed by atoms with van der Waals surface area (Å²) in [6.07, 6.45) is 1.25. The third kappa shape index (κ3) is 4.71. The van der Waals surface area contributed by atoms with E-state index < -0.39 is 11.7 Å². The predicted molar refractivity (Wildman–Crippen MR) is 85.0 cm³/mol. The SMILES string of the molecule is O=C(Nc1ncn(Cc2ccc(C(F)(F)F)cc2)n1)NC1CCCC1. The van der Waals surface area contributed by atoms with Gasteiger partial charge in [-0.25, -0.2) is 14.5 Å². The van der Waals surface area contributed by atoms with Gasteiger partial charge in [0.25, 0.3) is 0 Å². The summed E-state index contributed by atoms with van der Waals surface area (Å²) in [7, 11) is 0. The second kappa shape index (κ2) is 7.12. The van der Waals surface area contributed by atoms with E-state index in [1.807, 2.05) is 0 Å². The van der Waals surface area contributed by atoms with E-state index in [-0.39, 0.29) is 24.6 Å². The number of alkyl halides is 3. The largest absolute Gasteiger partial charge is 0.416 e. The Morgan fingerprint density at radius 2 is 1.88 bits per heavy atom. The fraction of sp³-hybridized carbons (Fsp3) is 0.438. The van der Waals surface area contributed by atoms with Crippen molar-refractivity contribution in [2.75, 3.05) is 5.32 Å². The fourth-order valence-electron chi connectivity index (χ4n) is 2.81. The van der Waals surface area contributed by atoms with E-state index >= 15 is 0 Å². The zero-order valence-electron chi connectivity index (χ0n) is 13.4. The number of carbonyl (C=O) groups is 1. The van der Waals surface area contributed by atoms with Crippen LogP contribution in [0.4, 0.5) is 23.9 Å². The van der Waals surface area contributed by atoms with Crippen LogP contribution in [0.2, 0.25) is 0 Å². The Bertz CT molecular complexity index is 720. The van der Waals surface area contributed by atoms with E-state index in [1.165, 1.54) is 23.1 Å². The summed E-state index contributed by atoms with van der Waals surface area (Å²) in [5, 5.41) is 9.53. The van der Waals surface area contributed by atoms with Crippen LogP contribution in [0.5, 0.6) is 0 Å². The standard InChI is InChI=1S/C16H18F3N5O/c17-16(18,19)12-7-5-11(6-8-12)9-24-10-20-14(23-24)22-15(25)21-13-3-1-2-4-13/h5-8,10,13H,1-4,9H2,(H2,21,22,23,25). The van der Waals surface area contributed by atoms with Gasteiger partial charge in [0, 0.05) is 6.04 Å². The van der Waals surface area contributed by atoms with Gasteiger partial charge in [-0.15, -0.1) is 5.10 Å². The number of nitrogens with one attached hydrogen (secondary N) is 2. The van der Waals surface area contributed by atoms with Gasteiger partial charge in [0.1, 0.15) is 6.33 Å². The number of hydrogen-bond acceptors (Lipinski definition) is 3. The van der Waals surface area contributed by atoms with Crippen molar-refractivity contribution in [2.24, 2.45) is 0 Å². The van der Waals surface area contributed by atoms with Crippen LogP contribution in [0, 0.1) is 0 Å². The molecule has 1 saturated carbocycles. The van der Waals surface area contributed by atoms with Crippen molar-refractivity contribution in [3.05, 3.63) is 41.7 Å². The third-order valence-corrected chi connectivity index (χ3v) is 4.08. The number of amides is 2. The Morgan fingerprint density at radius 1 is 1.20 bits per heavy atom. The smallest absolute Gasteiger partial charge is 0.335 e. The maximum Gasteiger partial charge on any atom is 0.416 e. The summed E-state index contributed by atoms with van der Waals surface area (Å²) < 4.78 is 39.1. The minimum Gasteiger partial charge on any atom is -0.335 e. The number of hydrogen-bond donors (Lipinski definition) is 2. The number of aromatic nitrogens is 3. The normalized spacial score (nSPS) is 15.3. The maximum absolute atomic E-state index is 12.5. The van der Waals surface area contributed by atoms with Gasteiger partial charge in [0.15, 0.2) is 0 Å². The molecular formula is C16H18F3N5O. The van der Waals surface area contributed by atoms with E-state index in [0.29, 0.717) is 5.56 Å². The third-order valence-electron chi connectivity index (χ3n) is 4.08. The molecule has 1 aromatic heterocycles. The predicted octanol–water partition coefficient (Wildman–Crippen LogP) is 3.41. The van der Waals surface area contributed by atoms with Crippen LogP contribution in [0.1, 0.15) is 36.8 Å². The Labute approximate surface area is 142 Å². The second-order valence-corrected chi connectivity index (χ2v) is 6.04. The van der Waals surface area contributed by atoms with E-state index in [9.17, 15) is 18.0 Å². The van der Waals surface area contributed by atoms with Crippen LogP contribution in [-0.2, 0) is 12.7 Å². The molecule has 2 aromatic rings. The maximum atomic E-state index is 12.5. The first-order chi connectivity index (χ1) is 11.9. The average molecular weight is 353 g/mol. The molecule has 1 aliphatic carbocycles. The first-order valence-electron chi connectivity index (χ1n) is 8.03. The lowest BCUT2D eigenvalue weighted by molar-refractivity contribution is -0.137. The van der Waals surface area contributed by atoms with Gasteiger partial charge in [-0.2, -0.15) is 13.2 Å². The Kier molecular flexibility index (Phi) is 4.91. The highest BCUT2D eigenvalue weighted by Gasteiger charge is 2.29. The fourth-order valence-corrected chi connectivity index (χ4v) is 2.81. The highest BCUT2D eigenvalue weighted by molar-refractivity contribution is 5.87. The summed E-state index contributed by atoms with van der Waals surface area (Å²) >= 11 is 0. The molecule has 0 radical (unpaired) electrons. The molecule has 1 aliphatic rings. The number of urea groups is 1. The van der Waals surface area contributed by atoms with Gasteiger partial charge in [-0.3, -0.25) is 5.32 Å². The number of benzene rings is 1. The summed E-state index contributed by atoms with van der Waals surface area (Å²) in [4.78, 5) is 15.8. The van der Waals surface area contributed by atoms with Crippen molar-refractivity contribution < 1.29 is 18.0 Å². The first-order valence-corrected chi connectivity index (χ1v) is 8.03. The summed E-state index contributed by atoms with van der Waals surface area (Å²) in [6.45, 7) is 0.261. The number of anilines is 1. The first kappa shape index (κ1) is 17.2. The van der Waals surface area contributed by atoms with Crippen molar-refractivity contribution in [3.63, 3.8) is 0 Å². The van der Waals surface area contributed by atoms with E-state index in [0.717, 1.165) is 37.8 Å². The molecule has 1 fully saturated rings. The van der Waals surface area contributed by atoms with Gasteiger partial charge >= 0.3 is 12.2 Å². The molecule has 0 bridgehead atoms. The molecule has 1 heterocycles. The lowest BCUT2D eigenvalue weighted by Gasteiger charge is -2.11. The van der Waals surface area contributed by atoms with Crippen molar-refractivity contribution in [3.8, 4) is 0 Å². The quantitative estimate of drug-likeness (QED) is 0.885. The molecule has 0 spiro atoms. The average Bonchev–Trinajstić information content (AvgIpc) is 3.19. The topological polar surface area (TPSA) is 71.8 Å². The molecule has 134 valence electrons. The molecule has 0 aliphatic heterocycles. The molecule has 3 rings (SSSR count). The van der Waals surface area contributed by atoms with Crippen molar-refractivity contribution in [1.82, 2.24) is 20.1 Å². The van der Waals surface area contributed by atoms with Crippen molar-refractivity contribution >= 4 is 12.0 Å². The molecule has 9 heteroatoms. The molecule has 0 saturated heterocycles. The Morgan fingerprint density at radius 3 is 2.52 bits per heavy atom. The lowest BCUT2D eigenvalue weighted by Crippen LogP contribution is -2.36. The zero-order valence-corrected chi connectivity index (χ0v) is 13.4. The highest BCUT2D eigenvalue weighted by atomic mass is 19.4. The van der Waals surface area contributed by atoms with Crippen molar-refractivity contribution in [2.45, 2.75) is 44.4 Å². The minimum absolute atomic E-state index is 0.155. The number of rotatable bonds is 4. The van der Waals surface area contributed by atoms with E-state index in [4.69, 9.17) is 0 Å². The molecule has 2 amide bonds. The van der Waals surface area contributed by atoms with E-state index in [2.05, 4.69) is 20.7 Å². The number of nitrogens with zero attached hydrogens (tertiary/aromatic N) is 3. The van der Waals surface area contributed by atoms with Crippen LogP contribution in [0.15, 0.2) is 30.6 Å². The summed E-state index contributed by atoms with van der Waals surface area (Å²) in [6, 6.07) is 4.68. The lowest BCUT2D eigenvalue weighted by atomic mass is 10.1. The van der Waals surface area contributed by atoms with Crippen LogP contribution >= 0.6 is 0 Å². The summed E-state index contributed by atoms with van der Waals surface area (Å²) in [5.74, 6) is 0.155. The molecule has 0 unspecified atom stereocenters. The summed E-state index contributed by atoms with van der Waals surface area (Å²) in [5.41, 5.74) is -0.0411. The van der Waals surface area contributed by atoms with Crippen molar-refractivity contribution in [1.29, 1.82) is 0 Å². The van der Waals surface area contributed by atoms with Crippen LogP contribution in [0.25, 0.3) is 0 Å². The van der Waals surface area contributed by atoms with Gasteiger partial charge in [0.05, 0.1) is 12.1 Å². The second-order valence-electron chi connectivity index (χ2n) is 6.04. The Hall–Kier alpha value is -2.58. The van der Waals surface area contributed by atoms with E-state index in [1.54, 1.807) is 0 Å². The highest BCUT2D eigenvalue weighted by Crippen LogP contribution is 2.29. The van der Waals surface area contributed by atoms with Gasteiger partial charge in [0.2, 0.25) is 5.95 Å². The molecule has 0 atom stereocenters. The molecule has 2 N–H and O–H groups in total. The monoisotopic (exact) mass is 353 g/mol. The zero-order chi connectivity index (χ0) is 17.9. The molecular weight excluding hydrogens is 335 g/mol. The molecule has 25 heavy (non-hydrogen) atoms. The molecule has 1 aromatic carbocycles. The van der Waals surface area contributed by atoms with Crippen LogP contribution < -0.4 is 10.6 Å². The Balaban J connectivity index is 1.55. The van der Waals surface area contributed by atoms with Gasteiger partial charge in [-0.1, -0.05) is 25.0 Å². The van der Waals surface area contributed by atoms with Crippen LogP contribution in [-0.4, -0.2) is 26.8 Å². The number of carbonyl (C=O) groups excluding carboxylic acids is 1. The van der Waals surface area contributed by atoms with Crippen LogP contribution in [0.3, 0.4) is 0 Å². The minimum atomic E-state index is -4.35. The van der Waals surface area contributed by atoms with Gasteiger partial charge in [-0.05, 0) is 30.5 Å². The molecule has 6 nitrogen and oxygen atoms in total. The number of halogens is 3.